The highest BCUT2D eigenvalue weighted by Gasteiger charge is 2.06. The molecule has 0 aliphatic heterocycles. The third-order valence-electron chi connectivity index (χ3n) is 1.18. The Morgan fingerprint density at radius 2 is 1.78 bits per heavy atom. The van der Waals surface area contributed by atoms with Crippen LogP contribution in [0.2, 0.25) is 0 Å². The Kier molecular flexibility index (Phi) is 3.06. The molecule has 3 heteroatoms. The molecule has 0 spiro atoms. The first kappa shape index (κ1) is 8.27. The first-order valence-corrected chi connectivity index (χ1v) is 3.02. The summed E-state index contributed by atoms with van der Waals surface area (Å²) in [6.07, 6.45) is 0. The lowest BCUT2D eigenvalue weighted by molar-refractivity contribution is 0.184. The molecule has 0 aromatic heterocycles. The second-order valence-corrected chi connectivity index (χ2v) is 2.19. The van der Waals surface area contributed by atoms with Crippen LogP contribution in [0.1, 0.15) is 6.92 Å². The summed E-state index contributed by atoms with van der Waals surface area (Å²) in [4.78, 5) is 14.1. The van der Waals surface area contributed by atoms with Gasteiger partial charge in [0.2, 0.25) is 0 Å². The van der Waals surface area contributed by atoms with Crippen molar-refractivity contribution in [1.82, 2.24) is 9.80 Å². The fraction of sp³-hybridized carbons (Fsp3) is 0.833. The molecule has 0 atom stereocenters. The molecule has 0 fully saturated rings. The molecule has 0 unspecified atom stereocenters. The van der Waals surface area contributed by atoms with Crippen LogP contribution in [0, 0.1) is 0 Å². The van der Waals surface area contributed by atoms with Gasteiger partial charge in [0, 0.05) is 27.7 Å². The van der Waals surface area contributed by atoms with Gasteiger partial charge in [-0.25, -0.2) is 4.79 Å². The Balaban J connectivity index is 3.73. The first-order chi connectivity index (χ1) is 4.09. The van der Waals surface area contributed by atoms with Gasteiger partial charge in [-0.05, 0) is 6.92 Å². The van der Waals surface area contributed by atoms with E-state index in [1.807, 2.05) is 6.92 Å². The van der Waals surface area contributed by atoms with E-state index in [4.69, 9.17) is 0 Å². The Morgan fingerprint density at radius 3 is 1.89 bits per heavy atom. The topological polar surface area (TPSA) is 23.6 Å². The van der Waals surface area contributed by atoms with Gasteiger partial charge in [0.25, 0.3) is 0 Å². The van der Waals surface area contributed by atoms with E-state index in [1.54, 1.807) is 30.9 Å². The predicted octanol–water partition coefficient (Wildman–Crippen LogP) is 0.620. The molecule has 0 aromatic rings. The monoisotopic (exact) mass is 130 g/mol. The number of hydrogen-bond acceptors (Lipinski definition) is 1. The minimum Gasteiger partial charge on any atom is -0.331 e. The summed E-state index contributed by atoms with van der Waals surface area (Å²) >= 11 is 0. The van der Waals surface area contributed by atoms with Gasteiger partial charge in [0.1, 0.15) is 0 Å². The third kappa shape index (κ3) is 2.35. The number of amides is 2. The second-order valence-electron chi connectivity index (χ2n) is 2.19. The van der Waals surface area contributed by atoms with Crippen molar-refractivity contribution in [1.29, 1.82) is 0 Å². The van der Waals surface area contributed by atoms with Crippen molar-refractivity contribution in [3.8, 4) is 0 Å². The summed E-state index contributed by atoms with van der Waals surface area (Å²) in [5.41, 5.74) is 0. The zero-order valence-corrected chi connectivity index (χ0v) is 6.51. The highest BCUT2D eigenvalue weighted by atomic mass is 16.2. The van der Waals surface area contributed by atoms with Gasteiger partial charge in [-0.1, -0.05) is 0 Å². The van der Waals surface area contributed by atoms with Crippen LogP contribution < -0.4 is 0 Å². The number of carbonyl (C=O) groups is 1. The average molecular weight is 130 g/mol. The lowest BCUT2D eigenvalue weighted by atomic mass is 10.6. The van der Waals surface area contributed by atoms with Crippen molar-refractivity contribution in [3.63, 3.8) is 0 Å². The molecule has 0 radical (unpaired) electrons. The van der Waals surface area contributed by atoms with Crippen molar-refractivity contribution in [2.75, 3.05) is 27.7 Å². The van der Waals surface area contributed by atoms with E-state index in [1.165, 1.54) is 0 Å². The van der Waals surface area contributed by atoms with Crippen LogP contribution in [0.25, 0.3) is 0 Å². The van der Waals surface area contributed by atoms with E-state index in [0.717, 1.165) is 6.54 Å². The summed E-state index contributed by atoms with van der Waals surface area (Å²) < 4.78 is 0. The largest absolute Gasteiger partial charge is 0.331 e. The molecular weight excluding hydrogens is 116 g/mol. The van der Waals surface area contributed by atoms with Crippen molar-refractivity contribution < 1.29 is 4.79 Å². The molecule has 0 saturated carbocycles. The Hall–Kier alpha value is -0.730. The van der Waals surface area contributed by atoms with Crippen LogP contribution in [0.4, 0.5) is 4.79 Å². The summed E-state index contributed by atoms with van der Waals surface area (Å²) in [5.74, 6) is 0. The molecule has 0 bridgehead atoms. The summed E-state index contributed by atoms with van der Waals surface area (Å²) in [6, 6.07) is 0.0532. The van der Waals surface area contributed by atoms with Gasteiger partial charge in [0.05, 0.1) is 0 Å². The van der Waals surface area contributed by atoms with Crippen molar-refractivity contribution in [2.45, 2.75) is 6.92 Å². The molecule has 9 heavy (non-hydrogen) atoms. The normalized spacial score (nSPS) is 8.89. The smallest absolute Gasteiger partial charge is 0.319 e. The zero-order valence-electron chi connectivity index (χ0n) is 6.51. The SMILES string of the molecule is CCN(C)C(=O)N(C)C. The van der Waals surface area contributed by atoms with Gasteiger partial charge in [-0.2, -0.15) is 0 Å². The van der Waals surface area contributed by atoms with Crippen molar-refractivity contribution >= 4 is 6.03 Å². The fourth-order valence-electron chi connectivity index (χ4n) is 0.477. The lowest BCUT2D eigenvalue weighted by Gasteiger charge is -2.19. The standard InChI is InChI=1S/C6H14N2O/c1-5-8(4)6(9)7(2)3/h5H2,1-4H3. The average Bonchev–Trinajstić information content (AvgIpc) is 1.84. The van der Waals surface area contributed by atoms with Crippen LogP contribution in [0.5, 0.6) is 0 Å². The molecule has 0 aromatic carbocycles. The first-order valence-electron chi connectivity index (χ1n) is 3.02. The number of nitrogens with zero attached hydrogens (tertiary/aromatic N) is 2. The molecule has 0 heterocycles. The second kappa shape index (κ2) is 3.33. The maximum atomic E-state index is 10.9. The molecule has 0 saturated heterocycles. The summed E-state index contributed by atoms with van der Waals surface area (Å²) in [6.45, 7) is 2.71. The minimum atomic E-state index is 0.0532. The van der Waals surface area contributed by atoms with Crippen molar-refractivity contribution in [3.05, 3.63) is 0 Å². The number of hydrogen-bond donors (Lipinski definition) is 0. The predicted molar refractivity (Wildman–Crippen MR) is 37.4 cm³/mol. The summed E-state index contributed by atoms with van der Waals surface area (Å²) in [7, 11) is 5.27. The Labute approximate surface area is 56.2 Å². The van der Waals surface area contributed by atoms with E-state index in [2.05, 4.69) is 0 Å². The van der Waals surface area contributed by atoms with Gasteiger partial charge in [-0.15, -0.1) is 0 Å². The van der Waals surface area contributed by atoms with Crippen molar-refractivity contribution in [2.24, 2.45) is 0 Å². The van der Waals surface area contributed by atoms with E-state index in [-0.39, 0.29) is 6.03 Å². The molecule has 0 rings (SSSR count). The Morgan fingerprint density at radius 1 is 1.33 bits per heavy atom. The van der Waals surface area contributed by atoms with Crippen LogP contribution in [-0.4, -0.2) is 43.5 Å². The number of urea groups is 1. The minimum absolute atomic E-state index is 0.0532. The van der Waals surface area contributed by atoms with E-state index >= 15 is 0 Å². The highest BCUT2D eigenvalue weighted by molar-refractivity contribution is 5.73. The van der Waals surface area contributed by atoms with Crippen LogP contribution in [-0.2, 0) is 0 Å². The molecule has 0 aliphatic carbocycles. The maximum absolute atomic E-state index is 10.9. The van der Waals surface area contributed by atoms with Crippen LogP contribution >= 0.6 is 0 Å². The summed E-state index contributed by atoms with van der Waals surface area (Å²) in [5, 5.41) is 0. The quantitative estimate of drug-likeness (QED) is 0.510. The van der Waals surface area contributed by atoms with E-state index in [0.29, 0.717) is 0 Å². The molecular formula is C6H14N2O. The zero-order chi connectivity index (χ0) is 7.44. The van der Waals surface area contributed by atoms with Crippen LogP contribution in [0.15, 0.2) is 0 Å². The van der Waals surface area contributed by atoms with Gasteiger partial charge in [-0.3, -0.25) is 0 Å². The molecule has 0 N–H and O–H groups in total. The molecule has 2 amide bonds. The van der Waals surface area contributed by atoms with Gasteiger partial charge >= 0.3 is 6.03 Å². The third-order valence-corrected chi connectivity index (χ3v) is 1.18. The van der Waals surface area contributed by atoms with E-state index in [9.17, 15) is 4.79 Å². The van der Waals surface area contributed by atoms with Gasteiger partial charge in [0.15, 0.2) is 0 Å². The molecule has 54 valence electrons. The fourth-order valence-corrected chi connectivity index (χ4v) is 0.477. The van der Waals surface area contributed by atoms with Crippen LogP contribution in [0.3, 0.4) is 0 Å². The maximum Gasteiger partial charge on any atom is 0.319 e. The lowest BCUT2D eigenvalue weighted by Crippen LogP contribution is -2.35. The molecule has 0 aliphatic rings. The highest BCUT2D eigenvalue weighted by Crippen LogP contribution is 1.87. The molecule has 3 nitrogen and oxygen atoms in total. The van der Waals surface area contributed by atoms with Gasteiger partial charge < -0.3 is 9.80 Å². The number of rotatable bonds is 1. The number of carbonyl (C=O) groups excluding carboxylic acids is 1. The Bertz CT molecular complexity index is 101. The van der Waals surface area contributed by atoms with E-state index < -0.39 is 0 Å².